The monoisotopic (exact) mass is 277 g/mol. The molecule has 2 aromatic rings. The summed E-state index contributed by atoms with van der Waals surface area (Å²) in [6, 6.07) is 11.0. The summed E-state index contributed by atoms with van der Waals surface area (Å²) in [6.07, 6.45) is 4.33. The first kappa shape index (κ1) is 12.5. The van der Waals surface area contributed by atoms with E-state index in [2.05, 4.69) is 4.98 Å². The molecule has 0 amide bonds. The van der Waals surface area contributed by atoms with Gasteiger partial charge < -0.3 is 0 Å². The van der Waals surface area contributed by atoms with E-state index in [0.717, 1.165) is 25.0 Å². The van der Waals surface area contributed by atoms with Crippen LogP contribution in [-0.2, 0) is 12.8 Å². The zero-order valence-electron chi connectivity index (χ0n) is 11.6. The molecule has 2 aliphatic carbocycles. The van der Waals surface area contributed by atoms with Crippen molar-refractivity contribution >= 4 is 11.6 Å². The maximum absolute atomic E-state index is 12.5. The normalized spacial score (nSPS) is 17.7. The van der Waals surface area contributed by atoms with Crippen molar-refractivity contribution in [1.29, 1.82) is 0 Å². The molecule has 0 N–H and O–H groups in total. The van der Waals surface area contributed by atoms with Crippen LogP contribution in [0.4, 0.5) is 0 Å². The van der Waals surface area contributed by atoms with Crippen LogP contribution in [-0.4, -0.2) is 16.6 Å². The molecular weight excluding hydrogens is 262 g/mol. The first-order valence-electron chi connectivity index (χ1n) is 7.42. The van der Waals surface area contributed by atoms with Crippen molar-refractivity contribution in [2.75, 3.05) is 0 Å². The van der Waals surface area contributed by atoms with Gasteiger partial charge in [0.05, 0.1) is 5.69 Å². The number of benzene rings is 1. The molecule has 0 saturated carbocycles. The molecule has 3 nitrogen and oxygen atoms in total. The van der Waals surface area contributed by atoms with Gasteiger partial charge >= 0.3 is 0 Å². The van der Waals surface area contributed by atoms with Crippen LogP contribution in [0.25, 0.3) is 0 Å². The van der Waals surface area contributed by atoms with Crippen LogP contribution in [0.1, 0.15) is 56.4 Å². The molecule has 1 aromatic heterocycles. The summed E-state index contributed by atoms with van der Waals surface area (Å²) in [6.45, 7) is 0. The maximum atomic E-state index is 12.5. The van der Waals surface area contributed by atoms with E-state index in [9.17, 15) is 9.59 Å². The number of rotatable bonds is 1. The molecule has 2 aliphatic rings. The summed E-state index contributed by atoms with van der Waals surface area (Å²) in [5, 5.41) is 0. The first-order chi connectivity index (χ1) is 10.3. The summed E-state index contributed by atoms with van der Waals surface area (Å²) >= 11 is 0. The number of Topliss-reactive ketones (excluding diaryl/α,β-unsaturated/α-hetero) is 2. The number of pyridine rings is 1. The van der Waals surface area contributed by atoms with E-state index in [1.807, 2.05) is 12.1 Å². The Hall–Kier alpha value is -2.29. The predicted molar refractivity (Wildman–Crippen MR) is 78.7 cm³/mol. The van der Waals surface area contributed by atoms with Crippen LogP contribution in [0.2, 0.25) is 0 Å². The Morgan fingerprint density at radius 3 is 2.24 bits per heavy atom. The second kappa shape index (κ2) is 4.62. The summed E-state index contributed by atoms with van der Waals surface area (Å²) in [5.74, 6) is -0.965. The molecule has 4 rings (SSSR count). The molecule has 0 unspecified atom stereocenters. The second-order valence-corrected chi connectivity index (χ2v) is 5.76. The smallest absolute Gasteiger partial charge is 0.180 e. The molecule has 0 atom stereocenters. The lowest BCUT2D eigenvalue weighted by Gasteiger charge is -2.16. The van der Waals surface area contributed by atoms with Gasteiger partial charge in [-0.2, -0.15) is 0 Å². The van der Waals surface area contributed by atoms with E-state index in [1.54, 1.807) is 24.3 Å². The van der Waals surface area contributed by atoms with Gasteiger partial charge in [-0.15, -0.1) is 0 Å². The number of ketones is 2. The third kappa shape index (κ3) is 1.84. The zero-order chi connectivity index (χ0) is 14.4. The van der Waals surface area contributed by atoms with Gasteiger partial charge in [-0.1, -0.05) is 30.3 Å². The Labute approximate surface area is 123 Å². The number of carbonyl (C=O) groups excluding carboxylic acids is 2. The number of carbonyl (C=O) groups is 2. The van der Waals surface area contributed by atoms with Gasteiger partial charge in [0.15, 0.2) is 11.6 Å². The van der Waals surface area contributed by atoms with Crippen molar-refractivity contribution in [3.05, 3.63) is 64.5 Å². The molecule has 104 valence electrons. The van der Waals surface area contributed by atoms with E-state index in [4.69, 9.17) is 0 Å². The lowest BCUT2D eigenvalue weighted by atomic mass is 9.93. The quantitative estimate of drug-likeness (QED) is 0.752. The van der Waals surface area contributed by atoms with Gasteiger partial charge in [-0.05, 0) is 37.3 Å². The minimum absolute atomic E-state index is 0.112. The molecule has 3 heteroatoms. The maximum Gasteiger partial charge on any atom is 0.180 e. The highest BCUT2D eigenvalue weighted by Crippen LogP contribution is 2.34. The molecule has 1 heterocycles. The van der Waals surface area contributed by atoms with Crippen LogP contribution in [0, 0.1) is 0 Å². The summed E-state index contributed by atoms with van der Waals surface area (Å²) in [5.41, 5.74) is 4.01. The Morgan fingerprint density at radius 1 is 0.857 bits per heavy atom. The van der Waals surface area contributed by atoms with E-state index >= 15 is 0 Å². The average molecular weight is 277 g/mol. The largest absolute Gasteiger partial charge is 0.293 e. The average Bonchev–Trinajstić information content (AvgIpc) is 2.79. The van der Waals surface area contributed by atoms with Crippen LogP contribution >= 0.6 is 0 Å². The molecule has 0 radical (unpaired) electrons. The molecule has 0 aliphatic heterocycles. The number of nitrogens with zero attached hydrogens (tertiary/aromatic N) is 1. The van der Waals surface area contributed by atoms with Crippen molar-refractivity contribution in [2.45, 2.75) is 31.6 Å². The summed E-state index contributed by atoms with van der Waals surface area (Å²) in [4.78, 5) is 29.7. The molecular formula is C18H15NO2. The van der Waals surface area contributed by atoms with Gasteiger partial charge in [-0.25, -0.2) is 0 Å². The SMILES string of the molecule is O=C1c2ccccc2C(=O)C1c1ccc2c(n1)CCCC2. The Balaban J connectivity index is 1.78. The molecule has 0 bridgehead atoms. The molecule has 0 spiro atoms. The standard InChI is InChI=1S/C18H15NO2/c20-17-12-6-2-3-7-13(12)18(21)16(17)15-10-9-11-5-1-4-8-14(11)19-15/h2-3,6-7,9-10,16H,1,4-5,8H2. The number of aromatic nitrogens is 1. The van der Waals surface area contributed by atoms with E-state index in [0.29, 0.717) is 16.8 Å². The van der Waals surface area contributed by atoms with E-state index in [-0.39, 0.29) is 11.6 Å². The van der Waals surface area contributed by atoms with Crippen molar-refractivity contribution in [1.82, 2.24) is 4.98 Å². The van der Waals surface area contributed by atoms with Crippen LogP contribution in [0.5, 0.6) is 0 Å². The Bertz CT molecular complexity index is 729. The fraction of sp³-hybridized carbons (Fsp3) is 0.278. The number of hydrogen-bond donors (Lipinski definition) is 0. The Morgan fingerprint density at radius 2 is 1.52 bits per heavy atom. The second-order valence-electron chi connectivity index (χ2n) is 5.76. The molecule has 21 heavy (non-hydrogen) atoms. The lowest BCUT2D eigenvalue weighted by molar-refractivity contribution is 0.0888. The van der Waals surface area contributed by atoms with Crippen LogP contribution in [0.3, 0.4) is 0 Å². The number of hydrogen-bond acceptors (Lipinski definition) is 3. The minimum atomic E-state index is -0.741. The number of fused-ring (bicyclic) bond motifs is 2. The van der Waals surface area contributed by atoms with Crippen molar-refractivity contribution in [3.8, 4) is 0 Å². The zero-order valence-corrected chi connectivity index (χ0v) is 11.6. The summed E-state index contributed by atoms with van der Waals surface area (Å²) < 4.78 is 0. The Kier molecular flexibility index (Phi) is 2.74. The third-order valence-corrected chi connectivity index (χ3v) is 4.48. The van der Waals surface area contributed by atoms with Crippen LogP contribution in [0.15, 0.2) is 36.4 Å². The van der Waals surface area contributed by atoms with Gasteiger partial charge in [0.25, 0.3) is 0 Å². The highest BCUT2D eigenvalue weighted by Gasteiger charge is 2.40. The molecule has 0 fully saturated rings. The molecule has 1 aromatic carbocycles. The highest BCUT2D eigenvalue weighted by atomic mass is 16.2. The van der Waals surface area contributed by atoms with Crippen molar-refractivity contribution in [3.63, 3.8) is 0 Å². The highest BCUT2D eigenvalue weighted by molar-refractivity contribution is 6.29. The topological polar surface area (TPSA) is 47.0 Å². The molecule has 0 saturated heterocycles. The van der Waals surface area contributed by atoms with Crippen LogP contribution < -0.4 is 0 Å². The third-order valence-electron chi connectivity index (χ3n) is 4.48. The van der Waals surface area contributed by atoms with Gasteiger partial charge in [0.1, 0.15) is 5.92 Å². The number of aryl methyl sites for hydroxylation is 2. The predicted octanol–water partition coefficient (Wildman–Crippen LogP) is 3.12. The van der Waals surface area contributed by atoms with Gasteiger partial charge in [0.2, 0.25) is 0 Å². The van der Waals surface area contributed by atoms with Gasteiger partial charge in [-0.3, -0.25) is 14.6 Å². The van der Waals surface area contributed by atoms with E-state index < -0.39 is 5.92 Å². The van der Waals surface area contributed by atoms with Crippen molar-refractivity contribution in [2.24, 2.45) is 0 Å². The van der Waals surface area contributed by atoms with Crippen molar-refractivity contribution < 1.29 is 9.59 Å². The first-order valence-corrected chi connectivity index (χ1v) is 7.42. The van der Waals surface area contributed by atoms with E-state index in [1.165, 1.54) is 12.0 Å². The lowest BCUT2D eigenvalue weighted by Crippen LogP contribution is -2.16. The van der Waals surface area contributed by atoms with Gasteiger partial charge in [0, 0.05) is 16.8 Å². The fourth-order valence-corrected chi connectivity index (χ4v) is 3.37. The minimum Gasteiger partial charge on any atom is -0.293 e. The fourth-order valence-electron chi connectivity index (χ4n) is 3.37. The summed E-state index contributed by atoms with van der Waals surface area (Å²) in [7, 11) is 0.